The summed E-state index contributed by atoms with van der Waals surface area (Å²) in [5, 5.41) is 10.7. The molecular weight excluding hydrogens is 301 g/mol. The Morgan fingerprint density at radius 1 is 1.33 bits per heavy atom. The molecule has 0 saturated heterocycles. The van der Waals surface area contributed by atoms with Crippen LogP contribution in [0.15, 0.2) is 34.7 Å². The van der Waals surface area contributed by atoms with Crippen LogP contribution >= 0.6 is 11.6 Å². The van der Waals surface area contributed by atoms with Gasteiger partial charge in [-0.05, 0) is 12.1 Å². The Labute approximate surface area is 122 Å². The highest BCUT2D eigenvalue weighted by Gasteiger charge is 2.17. The third-order valence-electron chi connectivity index (χ3n) is 2.91. The normalized spacial score (nSPS) is 11.0. The highest BCUT2D eigenvalue weighted by molar-refractivity contribution is 6.31. The number of aromatic nitrogens is 1. The van der Waals surface area contributed by atoms with E-state index in [2.05, 4.69) is 4.98 Å². The molecule has 0 unspecified atom stereocenters. The summed E-state index contributed by atoms with van der Waals surface area (Å²) in [5.41, 5.74) is 6.67. The standard InChI is InChI=1S/C13H7ClFN3O3/c14-8-4-11-12(5-9(8)15)21-13(17-11)7-3-6(18(19)20)1-2-10(7)16/h1-5H,16H2. The van der Waals surface area contributed by atoms with Crippen LogP contribution in [0.5, 0.6) is 0 Å². The van der Waals surface area contributed by atoms with Crippen molar-refractivity contribution in [2.45, 2.75) is 0 Å². The first-order chi connectivity index (χ1) is 9.95. The number of non-ortho nitro benzene ring substituents is 1. The van der Waals surface area contributed by atoms with Crippen molar-refractivity contribution >= 4 is 34.1 Å². The second-order valence-corrected chi connectivity index (χ2v) is 4.69. The Balaban J connectivity index is 2.20. The maximum atomic E-state index is 13.4. The first-order valence-corrected chi connectivity index (χ1v) is 6.13. The summed E-state index contributed by atoms with van der Waals surface area (Å²) in [6.45, 7) is 0. The summed E-state index contributed by atoms with van der Waals surface area (Å²) >= 11 is 5.67. The van der Waals surface area contributed by atoms with Crippen LogP contribution in [0.3, 0.4) is 0 Å². The minimum Gasteiger partial charge on any atom is -0.436 e. The van der Waals surface area contributed by atoms with Crippen molar-refractivity contribution in [3.05, 3.63) is 51.3 Å². The van der Waals surface area contributed by atoms with E-state index in [4.69, 9.17) is 21.8 Å². The minimum absolute atomic E-state index is 0.0628. The summed E-state index contributed by atoms with van der Waals surface area (Å²) in [4.78, 5) is 14.4. The van der Waals surface area contributed by atoms with Gasteiger partial charge in [0.2, 0.25) is 5.89 Å². The molecule has 1 aromatic heterocycles. The zero-order chi connectivity index (χ0) is 15.1. The molecule has 2 aromatic carbocycles. The molecule has 0 aliphatic rings. The largest absolute Gasteiger partial charge is 0.436 e. The van der Waals surface area contributed by atoms with Gasteiger partial charge < -0.3 is 10.2 Å². The van der Waals surface area contributed by atoms with Crippen LogP contribution in [-0.4, -0.2) is 9.91 Å². The van der Waals surface area contributed by atoms with Gasteiger partial charge in [0.15, 0.2) is 5.58 Å². The molecule has 106 valence electrons. The molecule has 2 N–H and O–H groups in total. The molecule has 0 radical (unpaired) electrons. The number of rotatable bonds is 2. The maximum absolute atomic E-state index is 13.4. The smallest absolute Gasteiger partial charge is 0.270 e. The van der Waals surface area contributed by atoms with E-state index < -0.39 is 10.7 Å². The van der Waals surface area contributed by atoms with Gasteiger partial charge >= 0.3 is 0 Å². The lowest BCUT2D eigenvalue weighted by Crippen LogP contribution is -1.93. The summed E-state index contributed by atoms with van der Waals surface area (Å²) in [6, 6.07) is 6.32. The van der Waals surface area contributed by atoms with Crippen molar-refractivity contribution in [1.29, 1.82) is 0 Å². The summed E-state index contributed by atoms with van der Waals surface area (Å²) in [7, 11) is 0. The highest BCUT2D eigenvalue weighted by Crippen LogP contribution is 2.32. The van der Waals surface area contributed by atoms with Crippen molar-refractivity contribution in [2.75, 3.05) is 5.73 Å². The average molecular weight is 308 g/mol. The van der Waals surface area contributed by atoms with E-state index >= 15 is 0 Å². The molecule has 1 heterocycles. The van der Waals surface area contributed by atoms with Gasteiger partial charge in [-0.1, -0.05) is 11.6 Å². The Hall–Kier alpha value is -2.67. The Bertz CT molecular complexity index is 839. The van der Waals surface area contributed by atoms with E-state index in [-0.39, 0.29) is 33.4 Å². The van der Waals surface area contributed by atoms with Crippen molar-refractivity contribution in [2.24, 2.45) is 0 Å². The van der Waals surface area contributed by atoms with Gasteiger partial charge in [0, 0.05) is 23.9 Å². The van der Waals surface area contributed by atoms with Crippen LogP contribution in [0, 0.1) is 15.9 Å². The molecule has 6 nitrogen and oxygen atoms in total. The highest BCUT2D eigenvalue weighted by atomic mass is 35.5. The van der Waals surface area contributed by atoms with Crippen LogP contribution in [0.4, 0.5) is 15.8 Å². The first kappa shape index (κ1) is 13.3. The second-order valence-electron chi connectivity index (χ2n) is 4.28. The molecule has 3 rings (SSSR count). The SMILES string of the molecule is Nc1ccc([N+](=O)[O-])cc1-c1nc2cc(Cl)c(F)cc2o1. The maximum Gasteiger partial charge on any atom is 0.270 e. The van der Waals surface area contributed by atoms with E-state index in [1.807, 2.05) is 0 Å². The summed E-state index contributed by atoms with van der Waals surface area (Å²) < 4.78 is 18.8. The topological polar surface area (TPSA) is 95.2 Å². The van der Waals surface area contributed by atoms with E-state index in [1.165, 1.54) is 24.3 Å². The number of nitrogens with two attached hydrogens (primary N) is 1. The molecule has 3 aromatic rings. The fraction of sp³-hybridized carbons (Fsp3) is 0. The molecule has 0 bridgehead atoms. The number of fused-ring (bicyclic) bond motifs is 1. The molecule has 0 atom stereocenters. The van der Waals surface area contributed by atoms with Crippen LogP contribution in [0.1, 0.15) is 0 Å². The van der Waals surface area contributed by atoms with E-state index in [0.717, 1.165) is 6.07 Å². The number of halogens is 2. The van der Waals surface area contributed by atoms with E-state index in [1.54, 1.807) is 0 Å². The van der Waals surface area contributed by atoms with Gasteiger partial charge in [-0.15, -0.1) is 0 Å². The third kappa shape index (κ3) is 2.27. The number of nitrogens with zero attached hydrogens (tertiary/aromatic N) is 2. The van der Waals surface area contributed by atoms with Crippen molar-refractivity contribution in [1.82, 2.24) is 4.98 Å². The molecule has 0 aliphatic heterocycles. The van der Waals surface area contributed by atoms with Crippen molar-refractivity contribution in [3.8, 4) is 11.5 Å². The monoisotopic (exact) mass is 307 g/mol. The molecule has 0 amide bonds. The lowest BCUT2D eigenvalue weighted by molar-refractivity contribution is -0.384. The second kappa shape index (κ2) is 4.71. The molecular formula is C13H7ClFN3O3. The number of anilines is 1. The lowest BCUT2D eigenvalue weighted by atomic mass is 10.1. The molecule has 0 aliphatic carbocycles. The van der Waals surface area contributed by atoms with Gasteiger partial charge in [0.05, 0.1) is 15.5 Å². The number of nitro benzene ring substituents is 1. The first-order valence-electron chi connectivity index (χ1n) is 5.75. The van der Waals surface area contributed by atoms with Crippen molar-refractivity contribution in [3.63, 3.8) is 0 Å². The molecule has 0 saturated carbocycles. The predicted octanol–water partition coefficient (Wildman–Crippen LogP) is 3.78. The lowest BCUT2D eigenvalue weighted by Gasteiger charge is -2.00. The van der Waals surface area contributed by atoms with Gasteiger partial charge in [0.25, 0.3) is 5.69 Å². The number of nitrogen functional groups attached to an aromatic ring is 1. The van der Waals surface area contributed by atoms with E-state index in [0.29, 0.717) is 5.52 Å². The molecule has 21 heavy (non-hydrogen) atoms. The molecule has 0 spiro atoms. The average Bonchev–Trinajstić information content (AvgIpc) is 2.82. The Kier molecular flexibility index (Phi) is 2.99. The number of hydrogen-bond donors (Lipinski definition) is 1. The molecule has 0 fully saturated rings. The predicted molar refractivity (Wildman–Crippen MR) is 75.5 cm³/mol. The van der Waals surface area contributed by atoms with Crippen LogP contribution in [0.25, 0.3) is 22.6 Å². The van der Waals surface area contributed by atoms with Crippen molar-refractivity contribution < 1.29 is 13.7 Å². The minimum atomic E-state index is -0.640. The third-order valence-corrected chi connectivity index (χ3v) is 3.20. The van der Waals surface area contributed by atoms with Gasteiger partial charge in [0.1, 0.15) is 11.3 Å². The van der Waals surface area contributed by atoms with Crippen LogP contribution in [-0.2, 0) is 0 Å². The summed E-state index contributed by atoms with van der Waals surface area (Å²) in [5.74, 6) is -0.577. The number of benzene rings is 2. The summed E-state index contributed by atoms with van der Waals surface area (Å²) in [6.07, 6.45) is 0. The number of oxazole rings is 1. The molecule has 8 heteroatoms. The zero-order valence-electron chi connectivity index (χ0n) is 10.3. The van der Waals surface area contributed by atoms with Gasteiger partial charge in [-0.3, -0.25) is 10.1 Å². The fourth-order valence-electron chi connectivity index (χ4n) is 1.88. The quantitative estimate of drug-likeness (QED) is 0.441. The van der Waals surface area contributed by atoms with Crippen LogP contribution < -0.4 is 5.73 Å². The fourth-order valence-corrected chi connectivity index (χ4v) is 2.04. The zero-order valence-corrected chi connectivity index (χ0v) is 11.1. The van der Waals surface area contributed by atoms with Gasteiger partial charge in [-0.2, -0.15) is 0 Å². The number of hydrogen-bond acceptors (Lipinski definition) is 5. The van der Waals surface area contributed by atoms with Crippen LogP contribution in [0.2, 0.25) is 5.02 Å². The Morgan fingerprint density at radius 2 is 2.10 bits per heavy atom. The number of nitro groups is 1. The van der Waals surface area contributed by atoms with Gasteiger partial charge in [-0.25, -0.2) is 9.37 Å². The van der Waals surface area contributed by atoms with E-state index in [9.17, 15) is 14.5 Å². The Morgan fingerprint density at radius 3 is 2.81 bits per heavy atom.